The molecule has 3 heteroatoms. The molecular formula is C16H15BrO2. The summed E-state index contributed by atoms with van der Waals surface area (Å²) in [6.07, 6.45) is 2.16. The molecule has 0 spiro atoms. The molecule has 0 aromatic heterocycles. The zero-order valence-corrected chi connectivity index (χ0v) is 12.3. The number of ether oxygens (including phenoxy) is 2. The van der Waals surface area contributed by atoms with Crippen LogP contribution >= 0.6 is 15.9 Å². The monoisotopic (exact) mass is 318 g/mol. The number of hydrogen-bond donors (Lipinski definition) is 0. The van der Waals surface area contributed by atoms with Gasteiger partial charge in [-0.05, 0) is 52.0 Å². The maximum absolute atomic E-state index is 6.11. The first kappa shape index (κ1) is 12.5. The van der Waals surface area contributed by atoms with Gasteiger partial charge < -0.3 is 9.47 Å². The lowest BCUT2D eigenvalue weighted by Gasteiger charge is -2.27. The Hall–Kier alpha value is -1.48. The van der Waals surface area contributed by atoms with Crippen LogP contribution in [0.5, 0.6) is 11.5 Å². The minimum absolute atomic E-state index is 0.147. The highest BCUT2D eigenvalue weighted by Gasteiger charge is 2.22. The van der Waals surface area contributed by atoms with Gasteiger partial charge in [-0.25, -0.2) is 0 Å². The van der Waals surface area contributed by atoms with E-state index in [0.717, 1.165) is 28.8 Å². The van der Waals surface area contributed by atoms with Gasteiger partial charge in [0, 0.05) is 0 Å². The Balaban J connectivity index is 1.90. The Morgan fingerprint density at radius 2 is 2.00 bits per heavy atom. The summed E-state index contributed by atoms with van der Waals surface area (Å²) < 4.78 is 12.4. The van der Waals surface area contributed by atoms with Crippen LogP contribution in [0.3, 0.4) is 0 Å². The predicted octanol–water partition coefficient (Wildman–Crippen LogP) is 4.52. The average Bonchev–Trinajstić information content (AvgIpc) is 2.47. The molecule has 3 rings (SSSR count). The van der Waals surface area contributed by atoms with Crippen molar-refractivity contribution in [2.45, 2.75) is 18.9 Å². The lowest BCUT2D eigenvalue weighted by molar-refractivity contribution is 0.176. The number of hydrogen-bond acceptors (Lipinski definition) is 2. The van der Waals surface area contributed by atoms with Gasteiger partial charge in [-0.1, -0.05) is 30.3 Å². The van der Waals surface area contributed by atoms with E-state index in [0.29, 0.717) is 0 Å². The molecule has 1 aliphatic rings. The largest absolute Gasteiger partial charge is 0.496 e. The molecule has 98 valence electrons. The fourth-order valence-corrected chi connectivity index (χ4v) is 2.92. The second-order valence-corrected chi connectivity index (χ2v) is 5.50. The predicted molar refractivity (Wildman–Crippen MR) is 78.8 cm³/mol. The van der Waals surface area contributed by atoms with E-state index in [1.54, 1.807) is 7.11 Å². The van der Waals surface area contributed by atoms with Crippen molar-refractivity contribution in [3.8, 4) is 11.5 Å². The third-order valence-corrected chi connectivity index (χ3v) is 4.07. The summed E-state index contributed by atoms with van der Waals surface area (Å²) >= 11 is 3.51. The van der Waals surface area contributed by atoms with Crippen LogP contribution in [0.1, 0.15) is 23.7 Å². The molecule has 0 saturated carbocycles. The normalized spacial score (nSPS) is 17.5. The number of rotatable bonds is 2. The first-order valence-electron chi connectivity index (χ1n) is 6.36. The van der Waals surface area contributed by atoms with Crippen LogP contribution < -0.4 is 9.47 Å². The van der Waals surface area contributed by atoms with E-state index < -0.39 is 0 Å². The molecule has 1 unspecified atom stereocenters. The highest BCUT2D eigenvalue weighted by atomic mass is 79.9. The van der Waals surface area contributed by atoms with E-state index in [4.69, 9.17) is 9.47 Å². The molecule has 2 aromatic rings. The van der Waals surface area contributed by atoms with E-state index in [1.807, 2.05) is 12.1 Å². The van der Waals surface area contributed by atoms with Crippen molar-refractivity contribution in [3.63, 3.8) is 0 Å². The standard InChI is InChI=1S/C16H15BrO2/c1-18-16-9-12-7-8-14(11-5-3-2-4-6-11)19-15(12)10-13(16)17/h2-6,9-10,14H,7-8H2,1H3. The Bertz CT molecular complexity index is 581. The van der Waals surface area contributed by atoms with E-state index in [1.165, 1.54) is 11.1 Å². The van der Waals surface area contributed by atoms with Gasteiger partial charge in [0.05, 0.1) is 11.6 Å². The number of aryl methyl sites for hydroxylation is 1. The first-order chi connectivity index (χ1) is 9.28. The summed E-state index contributed by atoms with van der Waals surface area (Å²) in [6, 6.07) is 14.4. The van der Waals surface area contributed by atoms with Crippen molar-refractivity contribution in [1.82, 2.24) is 0 Å². The van der Waals surface area contributed by atoms with Crippen LogP contribution in [0.2, 0.25) is 0 Å². The summed E-state index contributed by atoms with van der Waals surface area (Å²) in [5, 5.41) is 0. The molecule has 0 aliphatic carbocycles. The van der Waals surface area contributed by atoms with E-state index in [9.17, 15) is 0 Å². The molecular weight excluding hydrogens is 304 g/mol. The highest BCUT2D eigenvalue weighted by Crippen LogP contribution is 2.40. The van der Waals surface area contributed by atoms with Gasteiger partial charge >= 0.3 is 0 Å². The lowest BCUT2D eigenvalue weighted by atomic mass is 9.97. The van der Waals surface area contributed by atoms with E-state index in [2.05, 4.69) is 46.3 Å². The van der Waals surface area contributed by atoms with Gasteiger partial charge in [0.2, 0.25) is 0 Å². The van der Waals surface area contributed by atoms with E-state index >= 15 is 0 Å². The lowest BCUT2D eigenvalue weighted by Crippen LogP contribution is -2.15. The van der Waals surface area contributed by atoms with Crippen LogP contribution in [0.15, 0.2) is 46.9 Å². The maximum atomic E-state index is 6.11. The van der Waals surface area contributed by atoms with E-state index in [-0.39, 0.29) is 6.10 Å². The van der Waals surface area contributed by atoms with Gasteiger partial charge in [-0.2, -0.15) is 0 Å². The highest BCUT2D eigenvalue weighted by molar-refractivity contribution is 9.10. The third kappa shape index (κ3) is 2.47. The Kier molecular flexibility index (Phi) is 3.47. The van der Waals surface area contributed by atoms with Crippen molar-refractivity contribution >= 4 is 15.9 Å². The topological polar surface area (TPSA) is 18.5 Å². The molecule has 1 heterocycles. The number of benzene rings is 2. The molecule has 0 amide bonds. The molecule has 19 heavy (non-hydrogen) atoms. The maximum Gasteiger partial charge on any atom is 0.133 e. The van der Waals surface area contributed by atoms with Gasteiger partial charge in [0.25, 0.3) is 0 Å². The zero-order chi connectivity index (χ0) is 13.2. The summed E-state index contributed by atoms with van der Waals surface area (Å²) in [5.41, 5.74) is 2.45. The Morgan fingerprint density at radius 3 is 2.74 bits per heavy atom. The van der Waals surface area contributed by atoms with Gasteiger partial charge in [0.1, 0.15) is 17.6 Å². The third-order valence-electron chi connectivity index (χ3n) is 3.45. The summed E-state index contributed by atoms with van der Waals surface area (Å²) in [4.78, 5) is 0. The summed E-state index contributed by atoms with van der Waals surface area (Å²) in [5.74, 6) is 1.81. The van der Waals surface area contributed by atoms with Crippen LogP contribution in [-0.2, 0) is 6.42 Å². The smallest absolute Gasteiger partial charge is 0.133 e. The summed E-state index contributed by atoms with van der Waals surface area (Å²) in [7, 11) is 1.68. The van der Waals surface area contributed by atoms with Crippen LogP contribution in [0.25, 0.3) is 0 Å². The van der Waals surface area contributed by atoms with Crippen molar-refractivity contribution in [1.29, 1.82) is 0 Å². The Labute approximate surface area is 121 Å². The molecule has 0 bridgehead atoms. The second-order valence-electron chi connectivity index (χ2n) is 4.65. The molecule has 0 radical (unpaired) electrons. The van der Waals surface area contributed by atoms with Crippen LogP contribution in [0, 0.1) is 0 Å². The zero-order valence-electron chi connectivity index (χ0n) is 10.7. The minimum atomic E-state index is 0.147. The molecule has 2 aromatic carbocycles. The number of fused-ring (bicyclic) bond motifs is 1. The van der Waals surface area contributed by atoms with Gasteiger partial charge in [-0.3, -0.25) is 0 Å². The molecule has 1 atom stereocenters. The quantitative estimate of drug-likeness (QED) is 0.810. The molecule has 1 aliphatic heterocycles. The SMILES string of the molecule is COc1cc2c(cc1Br)OC(c1ccccc1)CC2. The molecule has 0 saturated heterocycles. The number of methoxy groups -OCH3 is 1. The van der Waals surface area contributed by atoms with Gasteiger partial charge in [0.15, 0.2) is 0 Å². The average molecular weight is 319 g/mol. The van der Waals surface area contributed by atoms with Crippen molar-refractivity contribution in [3.05, 3.63) is 58.1 Å². The molecule has 2 nitrogen and oxygen atoms in total. The molecule has 0 fully saturated rings. The second kappa shape index (κ2) is 5.25. The van der Waals surface area contributed by atoms with Gasteiger partial charge in [-0.15, -0.1) is 0 Å². The van der Waals surface area contributed by atoms with Crippen molar-refractivity contribution in [2.75, 3.05) is 7.11 Å². The first-order valence-corrected chi connectivity index (χ1v) is 7.15. The fourth-order valence-electron chi connectivity index (χ4n) is 2.44. The van der Waals surface area contributed by atoms with Crippen molar-refractivity contribution < 1.29 is 9.47 Å². The summed E-state index contributed by atoms with van der Waals surface area (Å²) in [6.45, 7) is 0. The Morgan fingerprint density at radius 1 is 1.21 bits per heavy atom. The number of halogens is 1. The fraction of sp³-hybridized carbons (Fsp3) is 0.250. The van der Waals surface area contributed by atoms with Crippen LogP contribution in [0.4, 0.5) is 0 Å². The minimum Gasteiger partial charge on any atom is -0.496 e. The molecule has 0 N–H and O–H groups in total. The van der Waals surface area contributed by atoms with Crippen molar-refractivity contribution in [2.24, 2.45) is 0 Å². The van der Waals surface area contributed by atoms with Crippen LogP contribution in [-0.4, -0.2) is 7.11 Å².